The fourth-order valence-corrected chi connectivity index (χ4v) is 1.17. The Kier molecular flexibility index (Phi) is 4.21. The zero-order valence-electron chi connectivity index (χ0n) is 9.27. The van der Waals surface area contributed by atoms with Crippen molar-refractivity contribution in [2.24, 2.45) is 0 Å². The number of nitrogens with one attached hydrogen (secondary N) is 2. The number of hydrogen-bond donors (Lipinski definition) is 3. The molecule has 0 spiro atoms. The highest BCUT2D eigenvalue weighted by Gasteiger charge is 2.15. The highest BCUT2D eigenvalue weighted by molar-refractivity contribution is 5.81. The topological polar surface area (TPSA) is 123 Å². The summed E-state index contributed by atoms with van der Waals surface area (Å²) >= 11 is 0. The molecule has 1 rings (SSSR count). The molecule has 0 aliphatic carbocycles. The molecule has 92 valence electrons. The molecular weight excluding hydrogens is 226 g/mol. The molecule has 0 fully saturated rings. The SMILES string of the molecule is CCNC(=O)CNc1nc(N)ccc1[N+](=O)[O-]. The third-order valence-corrected chi connectivity index (χ3v) is 1.88. The van der Waals surface area contributed by atoms with Crippen molar-refractivity contribution in [1.82, 2.24) is 10.3 Å². The van der Waals surface area contributed by atoms with Gasteiger partial charge in [-0.1, -0.05) is 0 Å². The lowest BCUT2D eigenvalue weighted by molar-refractivity contribution is -0.384. The first-order chi connectivity index (χ1) is 8.04. The molecule has 1 heterocycles. The number of pyridine rings is 1. The van der Waals surface area contributed by atoms with Gasteiger partial charge < -0.3 is 16.4 Å². The van der Waals surface area contributed by atoms with E-state index in [0.717, 1.165) is 0 Å². The number of anilines is 2. The molecule has 1 aromatic heterocycles. The van der Waals surface area contributed by atoms with Gasteiger partial charge in [-0.15, -0.1) is 0 Å². The Bertz CT molecular complexity index is 435. The Morgan fingerprint density at radius 2 is 2.29 bits per heavy atom. The van der Waals surface area contributed by atoms with Crippen LogP contribution in [0.2, 0.25) is 0 Å². The summed E-state index contributed by atoms with van der Waals surface area (Å²) in [6.45, 7) is 2.18. The second-order valence-electron chi connectivity index (χ2n) is 3.17. The number of rotatable bonds is 5. The van der Waals surface area contributed by atoms with Gasteiger partial charge in [0.15, 0.2) is 0 Å². The maximum absolute atomic E-state index is 11.2. The van der Waals surface area contributed by atoms with Gasteiger partial charge in [0, 0.05) is 12.6 Å². The highest BCUT2D eigenvalue weighted by Crippen LogP contribution is 2.22. The minimum absolute atomic E-state index is 0.0127. The van der Waals surface area contributed by atoms with Gasteiger partial charge in [0.2, 0.25) is 11.7 Å². The van der Waals surface area contributed by atoms with E-state index in [9.17, 15) is 14.9 Å². The van der Waals surface area contributed by atoms with Gasteiger partial charge in [0.25, 0.3) is 0 Å². The number of likely N-dealkylation sites (N-methyl/N-ethyl adjacent to an activating group) is 1. The number of amides is 1. The minimum Gasteiger partial charge on any atom is -0.384 e. The van der Waals surface area contributed by atoms with E-state index in [4.69, 9.17) is 5.73 Å². The summed E-state index contributed by atoms with van der Waals surface area (Å²) in [7, 11) is 0. The van der Waals surface area contributed by atoms with Crippen LogP contribution in [-0.4, -0.2) is 28.9 Å². The van der Waals surface area contributed by atoms with Crippen LogP contribution in [0, 0.1) is 10.1 Å². The van der Waals surface area contributed by atoms with Crippen molar-refractivity contribution in [1.29, 1.82) is 0 Å². The Labute approximate surface area is 97.4 Å². The normalized spacial score (nSPS) is 9.71. The number of nitrogens with zero attached hydrogens (tertiary/aromatic N) is 2. The van der Waals surface area contributed by atoms with Crippen LogP contribution in [0.1, 0.15) is 6.92 Å². The van der Waals surface area contributed by atoms with E-state index in [1.54, 1.807) is 6.92 Å². The van der Waals surface area contributed by atoms with Crippen LogP contribution in [0.15, 0.2) is 12.1 Å². The average Bonchev–Trinajstić information content (AvgIpc) is 2.26. The van der Waals surface area contributed by atoms with E-state index < -0.39 is 4.92 Å². The fraction of sp³-hybridized carbons (Fsp3) is 0.333. The van der Waals surface area contributed by atoms with Crippen LogP contribution < -0.4 is 16.4 Å². The Balaban J connectivity index is 2.78. The number of carbonyl (C=O) groups is 1. The molecule has 0 saturated carbocycles. The van der Waals surface area contributed by atoms with Gasteiger partial charge in [-0.25, -0.2) is 4.98 Å². The summed E-state index contributed by atoms with van der Waals surface area (Å²) < 4.78 is 0. The van der Waals surface area contributed by atoms with Crippen molar-refractivity contribution < 1.29 is 9.72 Å². The van der Waals surface area contributed by atoms with E-state index >= 15 is 0 Å². The predicted molar refractivity (Wildman–Crippen MR) is 62.5 cm³/mol. The molecule has 0 aliphatic rings. The molecule has 17 heavy (non-hydrogen) atoms. The molecule has 0 unspecified atom stereocenters. The lowest BCUT2D eigenvalue weighted by atomic mass is 10.3. The molecule has 0 bridgehead atoms. The minimum atomic E-state index is -0.591. The van der Waals surface area contributed by atoms with Gasteiger partial charge in [-0.3, -0.25) is 14.9 Å². The molecular formula is C9H13N5O3. The first kappa shape index (κ1) is 12.7. The smallest absolute Gasteiger partial charge is 0.311 e. The quantitative estimate of drug-likeness (QED) is 0.495. The Morgan fingerprint density at radius 3 is 2.88 bits per heavy atom. The molecule has 4 N–H and O–H groups in total. The predicted octanol–water partition coefficient (Wildman–Crippen LogP) is 0.120. The second kappa shape index (κ2) is 5.64. The van der Waals surface area contributed by atoms with E-state index in [0.29, 0.717) is 6.54 Å². The number of carbonyl (C=O) groups excluding carboxylic acids is 1. The Morgan fingerprint density at radius 1 is 1.59 bits per heavy atom. The largest absolute Gasteiger partial charge is 0.384 e. The van der Waals surface area contributed by atoms with Gasteiger partial charge >= 0.3 is 5.69 Å². The van der Waals surface area contributed by atoms with Gasteiger partial charge in [0.1, 0.15) is 5.82 Å². The van der Waals surface area contributed by atoms with Crippen LogP contribution in [-0.2, 0) is 4.79 Å². The first-order valence-corrected chi connectivity index (χ1v) is 4.96. The molecule has 0 radical (unpaired) electrons. The molecule has 0 aromatic carbocycles. The Hall–Kier alpha value is -2.38. The van der Waals surface area contributed by atoms with E-state index in [2.05, 4.69) is 15.6 Å². The number of nitrogens with two attached hydrogens (primary N) is 1. The van der Waals surface area contributed by atoms with Crippen molar-refractivity contribution in [2.45, 2.75) is 6.92 Å². The number of nitrogen functional groups attached to an aromatic ring is 1. The molecule has 8 heteroatoms. The van der Waals surface area contributed by atoms with Crippen LogP contribution in [0.4, 0.5) is 17.3 Å². The summed E-state index contributed by atoms with van der Waals surface area (Å²) in [5, 5.41) is 15.8. The molecule has 0 saturated heterocycles. The van der Waals surface area contributed by atoms with Crippen molar-refractivity contribution in [3.8, 4) is 0 Å². The zero-order valence-corrected chi connectivity index (χ0v) is 9.27. The molecule has 0 atom stereocenters. The number of hydrogen-bond acceptors (Lipinski definition) is 6. The maximum atomic E-state index is 11.2. The van der Waals surface area contributed by atoms with Crippen LogP contribution in [0.3, 0.4) is 0 Å². The molecule has 8 nitrogen and oxygen atoms in total. The first-order valence-electron chi connectivity index (χ1n) is 4.96. The summed E-state index contributed by atoms with van der Waals surface area (Å²) in [5.41, 5.74) is 5.20. The van der Waals surface area contributed by atoms with Crippen molar-refractivity contribution in [3.05, 3.63) is 22.2 Å². The van der Waals surface area contributed by atoms with Gasteiger partial charge in [-0.2, -0.15) is 0 Å². The third-order valence-electron chi connectivity index (χ3n) is 1.88. The molecule has 0 aliphatic heterocycles. The van der Waals surface area contributed by atoms with Crippen LogP contribution in [0.5, 0.6) is 0 Å². The highest BCUT2D eigenvalue weighted by atomic mass is 16.6. The lowest BCUT2D eigenvalue weighted by Crippen LogP contribution is -2.29. The van der Waals surface area contributed by atoms with Crippen molar-refractivity contribution in [3.63, 3.8) is 0 Å². The fourth-order valence-electron chi connectivity index (χ4n) is 1.17. The van der Waals surface area contributed by atoms with Crippen molar-refractivity contribution in [2.75, 3.05) is 24.1 Å². The number of aromatic nitrogens is 1. The van der Waals surface area contributed by atoms with Crippen molar-refractivity contribution >= 4 is 23.2 Å². The zero-order chi connectivity index (χ0) is 12.8. The van der Waals surface area contributed by atoms with Crippen LogP contribution >= 0.6 is 0 Å². The summed E-state index contributed by atoms with van der Waals surface area (Å²) in [5.74, 6) is -0.138. The third kappa shape index (κ3) is 3.59. The van der Waals surface area contributed by atoms with E-state index in [1.807, 2.05) is 0 Å². The van der Waals surface area contributed by atoms with Gasteiger partial charge in [0.05, 0.1) is 11.5 Å². The standard InChI is InChI=1S/C9H13N5O3/c1-2-11-8(15)5-12-9-6(14(16)17)3-4-7(10)13-9/h3-4H,2,5H2,1H3,(H,11,15)(H3,10,12,13). The van der Waals surface area contributed by atoms with E-state index in [-0.39, 0.29) is 29.8 Å². The summed E-state index contributed by atoms with van der Waals surface area (Å²) in [6.07, 6.45) is 0. The summed E-state index contributed by atoms with van der Waals surface area (Å²) in [6, 6.07) is 2.57. The molecule has 1 aromatic rings. The van der Waals surface area contributed by atoms with Crippen LogP contribution in [0.25, 0.3) is 0 Å². The average molecular weight is 239 g/mol. The number of nitro groups is 1. The maximum Gasteiger partial charge on any atom is 0.311 e. The second-order valence-corrected chi connectivity index (χ2v) is 3.17. The lowest BCUT2D eigenvalue weighted by Gasteiger charge is -2.06. The molecule has 1 amide bonds. The summed E-state index contributed by atoms with van der Waals surface area (Å²) in [4.78, 5) is 25.0. The van der Waals surface area contributed by atoms with Gasteiger partial charge in [-0.05, 0) is 13.0 Å². The van der Waals surface area contributed by atoms with E-state index in [1.165, 1.54) is 12.1 Å². The monoisotopic (exact) mass is 239 g/mol.